The Morgan fingerprint density at radius 2 is 1.89 bits per heavy atom. The predicted octanol–water partition coefficient (Wildman–Crippen LogP) is 2.42. The third kappa shape index (κ3) is 4.61. The SMILES string of the molecule is COc1cc(NC(=O)CC(C)(C)N)c(OC)cc1Cl. The highest BCUT2D eigenvalue weighted by Crippen LogP contribution is 2.35. The van der Waals surface area contributed by atoms with E-state index < -0.39 is 5.54 Å². The Morgan fingerprint density at radius 1 is 1.32 bits per heavy atom. The van der Waals surface area contributed by atoms with Crippen molar-refractivity contribution in [3.63, 3.8) is 0 Å². The van der Waals surface area contributed by atoms with Gasteiger partial charge >= 0.3 is 0 Å². The summed E-state index contributed by atoms with van der Waals surface area (Å²) >= 11 is 5.99. The van der Waals surface area contributed by atoms with Crippen molar-refractivity contribution >= 4 is 23.2 Å². The van der Waals surface area contributed by atoms with E-state index in [0.29, 0.717) is 22.2 Å². The monoisotopic (exact) mass is 286 g/mol. The van der Waals surface area contributed by atoms with Crippen LogP contribution in [0.3, 0.4) is 0 Å². The smallest absolute Gasteiger partial charge is 0.226 e. The molecule has 0 bridgehead atoms. The van der Waals surface area contributed by atoms with Gasteiger partial charge in [0.25, 0.3) is 0 Å². The molecule has 0 fully saturated rings. The number of anilines is 1. The van der Waals surface area contributed by atoms with Crippen LogP contribution in [0.2, 0.25) is 5.02 Å². The highest BCUT2D eigenvalue weighted by atomic mass is 35.5. The first-order valence-electron chi connectivity index (χ1n) is 5.77. The van der Waals surface area contributed by atoms with E-state index in [9.17, 15) is 4.79 Å². The molecule has 0 radical (unpaired) electrons. The number of amides is 1. The molecule has 106 valence electrons. The summed E-state index contributed by atoms with van der Waals surface area (Å²) in [4.78, 5) is 11.9. The second kappa shape index (κ2) is 6.12. The van der Waals surface area contributed by atoms with Gasteiger partial charge in [0.2, 0.25) is 5.91 Å². The molecule has 1 aromatic rings. The maximum Gasteiger partial charge on any atom is 0.226 e. The summed E-state index contributed by atoms with van der Waals surface area (Å²) in [7, 11) is 3.00. The third-order valence-electron chi connectivity index (χ3n) is 2.36. The molecule has 0 atom stereocenters. The zero-order valence-corrected chi connectivity index (χ0v) is 12.3. The van der Waals surface area contributed by atoms with Crippen LogP contribution in [0.25, 0.3) is 0 Å². The number of hydrogen-bond acceptors (Lipinski definition) is 4. The fourth-order valence-corrected chi connectivity index (χ4v) is 1.80. The summed E-state index contributed by atoms with van der Waals surface area (Å²) in [5, 5.41) is 3.15. The maximum atomic E-state index is 11.9. The molecule has 19 heavy (non-hydrogen) atoms. The first-order valence-corrected chi connectivity index (χ1v) is 6.15. The molecule has 1 amide bonds. The zero-order chi connectivity index (χ0) is 14.6. The second-order valence-corrected chi connectivity index (χ2v) is 5.31. The van der Waals surface area contributed by atoms with Crippen LogP contribution in [0.4, 0.5) is 5.69 Å². The Labute approximate surface area is 118 Å². The zero-order valence-electron chi connectivity index (χ0n) is 11.5. The number of methoxy groups -OCH3 is 2. The van der Waals surface area contributed by atoms with Gasteiger partial charge in [-0.2, -0.15) is 0 Å². The topological polar surface area (TPSA) is 73.6 Å². The van der Waals surface area contributed by atoms with Crippen LogP contribution in [0, 0.1) is 0 Å². The summed E-state index contributed by atoms with van der Waals surface area (Å²) < 4.78 is 10.3. The minimum absolute atomic E-state index is 0.196. The molecule has 1 aromatic carbocycles. The molecule has 0 aliphatic heterocycles. The Bertz CT molecular complexity index is 470. The van der Waals surface area contributed by atoms with E-state index in [1.54, 1.807) is 26.0 Å². The molecule has 6 heteroatoms. The number of hydrogen-bond donors (Lipinski definition) is 2. The Hall–Kier alpha value is -1.46. The summed E-state index contributed by atoms with van der Waals surface area (Å²) in [5.41, 5.74) is 5.73. The molecule has 5 nitrogen and oxygen atoms in total. The minimum Gasteiger partial charge on any atom is -0.495 e. The third-order valence-corrected chi connectivity index (χ3v) is 2.66. The maximum absolute atomic E-state index is 11.9. The van der Waals surface area contributed by atoms with Crippen molar-refractivity contribution in [1.82, 2.24) is 0 Å². The predicted molar refractivity (Wildman–Crippen MR) is 76.1 cm³/mol. The minimum atomic E-state index is -0.576. The van der Waals surface area contributed by atoms with Gasteiger partial charge in [-0.05, 0) is 13.8 Å². The lowest BCUT2D eigenvalue weighted by Crippen LogP contribution is -2.36. The van der Waals surface area contributed by atoms with Gasteiger partial charge in [0.15, 0.2) is 0 Å². The number of nitrogens with one attached hydrogen (secondary N) is 1. The summed E-state index contributed by atoms with van der Waals surface area (Å²) in [5.74, 6) is 0.730. The average molecular weight is 287 g/mol. The summed E-state index contributed by atoms with van der Waals surface area (Å²) in [6, 6.07) is 3.20. The van der Waals surface area contributed by atoms with Gasteiger partial charge in [-0.1, -0.05) is 11.6 Å². The fourth-order valence-electron chi connectivity index (χ4n) is 1.57. The number of benzene rings is 1. The standard InChI is InChI=1S/C13H19ClN2O3/c1-13(2,15)7-12(17)16-9-6-10(18-3)8(14)5-11(9)19-4/h5-6H,7,15H2,1-4H3,(H,16,17). The number of halogens is 1. The van der Waals surface area contributed by atoms with Gasteiger partial charge in [0.05, 0.1) is 24.9 Å². The Kier molecular flexibility index (Phi) is 5.03. The van der Waals surface area contributed by atoms with Gasteiger partial charge < -0.3 is 20.5 Å². The first kappa shape index (κ1) is 15.6. The van der Waals surface area contributed by atoms with Crippen LogP contribution in [0.15, 0.2) is 12.1 Å². The van der Waals surface area contributed by atoms with Crippen LogP contribution in [0.5, 0.6) is 11.5 Å². The molecule has 0 unspecified atom stereocenters. The van der Waals surface area contributed by atoms with Gasteiger partial charge in [0.1, 0.15) is 11.5 Å². The molecular weight excluding hydrogens is 268 g/mol. The van der Waals surface area contributed by atoms with Gasteiger partial charge in [-0.15, -0.1) is 0 Å². The van der Waals surface area contributed by atoms with Crippen LogP contribution in [-0.2, 0) is 4.79 Å². The van der Waals surface area contributed by atoms with Crippen molar-refractivity contribution in [2.75, 3.05) is 19.5 Å². The number of carbonyl (C=O) groups is 1. The van der Waals surface area contributed by atoms with Crippen molar-refractivity contribution in [3.8, 4) is 11.5 Å². The van der Waals surface area contributed by atoms with Crippen LogP contribution >= 0.6 is 11.6 Å². The summed E-state index contributed by atoms with van der Waals surface area (Å²) in [6.45, 7) is 3.57. The van der Waals surface area contributed by atoms with Crippen molar-refractivity contribution < 1.29 is 14.3 Å². The molecule has 0 aliphatic rings. The summed E-state index contributed by atoms with van der Waals surface area (Å²) in [6.07, 6.45) is 0.196. The van der Waals surface area contributed by atoms with E-state index in [2.05, 4.69) is 5.32 Å². The number of rotatable bonds is 5. The van der Waals surface area contributed by atoms with E-state index in [0.717, 1.165) is 0 Å². The number of ether oxygens (including phenoxy) is 2. The van der Waals surface area contributed by atoms with Crippen LogP contribution in [-0.4, -0.2) is 25.7 Å². The van der Waals surface area contributed by atoms with Crippen molar-refractivity contribution in [2.24, 2.45) is 5.73 Å². The van der Waals surface area contributed by atoms with E-state index in [1.807, 2.05) is 0 Å². The quantitative estimate of drug-likeness (QED) is 0.872. The number of carbonyl (C=O) groups excluding carboxylic acids is 1. The molecule has 3 N–H and O–H groups in total. The Morgan fingerprint density at radius 3 is 2.37 bits per heavy atom. The largest absolute Gasteiger partial charge is 0.495 e. The second-order valence-electron chi connectivity index (χ2n) is 4.90. The lowest BCUT2D eigenvalue weighted by Gasteiger charge is -2.18. The molecule has 0 spiro atoms. The molecule has 0 heterocycles. The van der Waals surface area contributed by atoms with E-state index in [1.165, 1.54) is 14.2 Å². The lowest BCUT2D eigenvalue weighted by atomic mass is 10.0. The fraction of sp³-hybridized carbons (Fsp3) is 0.462. The molecule has 0 aromatic heterocycles. The highest BCUT2D eigenvalue weighted by Gasteiger charge is 2.18. The van der Waals surface area contributed by atoms with Crippen LogP contribution < -0.4 is 20.5 Å². The molecular formula is C13H19ClN2O3. The first-order chi connectivity index (χ1) is 8.76. The normalized spacial score (nSPS) is 11.1. The molecule has 0 saturated carbocycles. The van der Waals surface area contributed by atoms with Crippen molar-refractivity contribution in [3.05, 3.63) is 17.2 Å². The molecule has 0 aliphatic carbocycles. The molecule has 0 saturated heterocycles. The molecule has 1 rings (SSSR count). The van der Waals surface area contributed by atoms with E-state index in [4.69, 9.17) is 26.8 Å². The van der Waals surface area contributed by atoms with Crippen LogP contribution in [0.1, 0.15) is 20.3 Å². The van der Waals surface area contributed by atoms with Gasteiger partial charge in [0, 0.05) is 24.1 Å². The van der Waals surface area contributed by atoms with Gasteiger partial charge in [-0.25, -0.2) is 0 Å². The van der Waals surface area contributed by atoms with E-state index >= 15 is 0 Å². The van der Waals surface area contributed by atoms with Crippen molar-refractivity contribution in [2.45, 2.75) is 25.8 Å². The van der Waals surface area contributed by atoms with E-state index in [-0.39, 0.29) is 12.3 Å². The van der Waals surface area contributed by atoms with Crippen molar-refractivity contribution in [1.29, 1.82) is 0 Å². The van der Waals surface area contributed by atoms with Gasteiger partial charge in [-0.3, -0.25) is 4.79 Å². The highest BCUT2D eigenvalue weighted by molar-refractivity contribution is 6.32. The Balaban J connectivity index is 2.96. The lowest BCUT2D eigenvalue weighted by molar-refractivity contribution is -0.117. The average Bonchev–Trinajstić information content (AvgIpc) is 2.28. The number of nitrogens with two attached hydrogens (primary N) is 1.